The van der Waals surface area contributed by atoms with Crippen molar-refractivity contribution in [2.75, 3.05) is 24.8 Å². The van der Waals surface area contributed by atoms with Crippen LogP contribution in [0.15, 0.2) is 26.7 Å². The highest BCUT2D eigenvalue weighted by molar-refractivity contribution is 8.38. The molecule has 0 amide bonds. The van der Waals surface area contributed by atoms with Gasteiger partial charge in [0.15, 0.2) is 0 Å². The van der Waals surface area contributed by atoms with Crippen LogP contribution >= 0.6 is 46.6 Å². The van der Waals surface area contributed by atoms with Crippen molar-refractivity contribution in [1.29, 1.82) is 0 Å². The number of nitrogens with zero attached hydrogens (tertiary/aromatic N) is 1. The molecule has 1 aromatic heterocycles. The molecule has 14 heavy (non-hydrogen) atoms. The van der Waals surface area contributed by atoms with Crippen LogP contribution in [-0.2, 0) is 0 Å². The average molecular weight is 263 g/mol. The highest BCUT2D eigenvalue weighted by Gasteiger charge is 2.02. The monoisotopic (exact) mass is 263 g/mol. The smallest absolute Gasteiger partial charge is 0.124 e. The number of rotatable bonds is 1. The Kier molecular flexibility index (Phi) is 6.85. The number of hydrogen-bond donors (Lipinski definition) is 0. The van der Waals surface area contributed by atoms with Gasteiger partial charge in [-0.25, -0.2) is 0 Å². The molecule has 78 valence electrons. The minimum absolute atomic E-state index is 1.03. The third-order valence-corrected chi connectivity index (χ3v) is 5.51. The fraction of sp³-hybridized carbons (Fsp3) is 0.444. The molecular weight excluding hydrogens is 250 g/mol. The highest BCUT2D eigenvalue weighted by Crippen LogP contribution is 2.19. The molecule has 1 aliphatic rings. The van der Waals surface area contributed by atoms with E-state index in [9.17, 15) is 0 Å². The summed E-state index contributed by atoms with van der Waals surface area (Å²) in [7, 11) is 0. The van der Waals surface area contributed by atoms with Gasteiger partial charge in [-0.05, 0) is 24.0 Å². The Morgan fingerprint density at radius 3 is 2.50 bits per heavy atom. The summed E-state index contributed by atoms with van der Waals surface area (Å²) in [5, 5.41) is 2.09. The quantitative estimate of drug-likeness (QED) is 0.713. The van der Waals surface area contributed by atoms with Crippen LogP contribution < -0.4 is 0 Å². The third kappa shape index (κ3) is 4.77. The molecule has 0 aromatic carbocycles. The maximum Gasteiger partial charge on any atom is 0.124 e. The number of aliphatic imine (C=N–C) groups is 1. The van der Waals surface area contributed by atoms with Crippen molar-refractivity contribution >= 4 is 51.0 Å². The van der Waals surface area contributed by atoms with E-state index in [-0.39, 0.29) is 0 Å². The molecule has 1 aromatic rings. The van der Waals surface area contributed by atoms with Gasteiger partial charge in [0.2, 0.25) is 0 Å². The Balaban J connectivity index is 0.000000140. The fourth-order valence-corrected chi connectivity index (χ4v) is 3.51. The topological polar surface area (TPSA) is 12.4 Å². The zero-order chi connectivity index (χ0) is 10.2. The number of thioether (sulfide) groups is 3. The predicted octanol–water partition coefficient (Wildman–Crippen LogP) is 3.92. The van der Waals surface area contributed by atoms with Crippen molar-refractivity contribution in [3.8, 4) is 0 Å². The van der Waals surface area contributed by atoms with E-state index < -0.39 is 0 Å². The first-order valence-electron chi connectivity index (χ1n) is 4.15. The molecule has 0 atom stereocenters. The lowest BCUT2D eigenvalue weighted by atomic mass is 10.7. The van der Waals surface area contributed by atoms with E-state index in [1.165, 1.54) is 14.3 Å². The van der Waals surface area contributed by atoms with Gasteiger partial charge in [0.25, 0.3) is 0 Å². The molecule has 0 saturated carbocycles. The summed E-state index contributed by atoms with van der Waals surface area (Å²) in [4.78, 5) is 4.20. The zero-order valence-corrected chi connectivity index (χ0v) is 11.5. The molecule has 0 radical (unpaired) electrons. The van der Waals surface area contributed by atoms with Crippen LogP contribution in [0.4, 0.5) is 0 Å². The van der Waals surface area contributed by atoms with Crippen molar-refractivity contribution < 1.29 is 0 Å². The van der Waals surface area contributed by atoms with E-state index in [0.29, 0.717) is 0 Å². The van der Waals surface area contributed by atoms with Crippen molar-refractivity contribution in [2.45, 2.75) is 4.21 Å². The van der Waals surface area contributed by atoms with Crippen molar-refractivity contribution in [1.82, 2.24) is 0 Å². The molecule has 0 N–H and O–H groups in total. The first-order chi connectivity index (χ1) is 6.86. The summed E-state index contributed by atoms with van der Waals surface area (Å²) in [6, 6.07) is 4.19. The molecule has 0 saturated heterocycles. The van der Waals surface area contributed by atoms with E-state index in [1.807, 2.05) is 11.8 Å². The van der Waals surface area contributed by atoms with Crippen LogP contribution in [0.3, 0.4) is 0 Å². The Hall–Kier alpha value is 0.420. The van der Waals surface area contributed by atoms with Gasteiger partial charge in [-0.1, -0.05) is 17.8 Å². The van der Waals surface area contributed by atoms with Gasteiger partial charge in [0.05, 0.1) is 10.8 Å². The van der Waals surface area contributed by atoms with E-state index in [4.69, 9.17) is 0 Å². The standard InChI is InChI=1S/C5H6S2.C4H7NS2/c1-6-5-3-2-4-7-5;1-6-4-5-2-3-7-4/h2-4H,1H3;2-3H2,1H3. The van der Waals surface area contributed by atoms with Crippen molar-refractivity contribution in [2.24, 2.45) is 4.99 Å². The van der Waals surface area contributed by atoms with Crippen LogP contribution in [-0.4, -0.2) is 29.2 Å². The maximum atomic E-state index is 4.20. The van der Waals surface area contributed by atoms with Crippen LogP contribution in [0.25, 0.3) is 0 Å². The Morgan fingerprint density at radius 2 is 2.21 bits per heavy atom. The molecule has 2 heterocycles. The van der Waals surface area contributed by atoms with Crippen molar-refractivity contribution in [3.05, 3.63) is 17.5 Å². The van der Waals surface area contributed by atoms with Crippen LogP contribution in [0.2, 0.25) is 0 Å². The first kappa shape index (κ1) is 12.5. The molecule has 0 spiro atoms. The third-order valence-electron chi connectivity index (χ3n) is 1.43. The summed E-state index contributed by atoms with van der Waals surface area (Å²) >= 11 is 7.18. The minimum atomic E-state index is 1.03. The lowest BCUT2D eigenvalue weighted by Gasteiger charge is -1.85. The Morgan fingerprint density at radius 1 is 1.36 bits per heavy atom. The average Bonchev–Trinajstić information content (AvgIpc) is 2.92. The molecule has 0 aliphatic carbocycles. The Labute approximate surface area is 102 Å². The van der Waals surface area contributed by atoms with Gasteiger partial charge in [-0.15, -0.1) is 34.9 Å². The van der Waals surface area contributed by atoms with Crippen molar-refractivity contribution in [3.63, 3.8) is 0 Å². The largest absolute Gasteiger partial charge is 0.271 e. The minimum Gasteiger partial charge on any atom is -0.271 e. The molecule has 1 nitrogen and oxygen atoms in total. The summed E-state index contributed by atoms with van der Waals surface area (Å²) in [5.74, 6) is 1.19. The zero-order valence-electron chi connectivity index (χ0n) is 8.23. The van der Waals surface area contributed by atoms with Gasteiger partial charge in [-0.3, -0.25) is 4.99 Å². The summed E-state index contributed by atoms with van der Waals surface area (Å²) in [6.45, 7) is 1.03. The molecule has 0 unspecified atom stereocenters. The molecule has 2 rings (SSSR count). The molecule has 0 fully saturated rings. The Bertz CT molecular complexity index is 268. The maximum absolute atomic E-state index is 4.20. The molecular formula is C9H13NS4. The lowest BCUT2D eigenvalue weighted by molar-refractivity contribution is 1.18. The molecule has 0 bridgehead atoms. The van der Waals surface area contributed by atoms with Crippen LogP contribution in [0, 0.1) is 0 Å². The van der Waals surface area contributed by atoms with E-state index in [1.54, 1.807) is 34.9 Å². The van der Waals surface area contributed by atoms with Gasteiger partial charge >= 0.3 is 0 Å². The second-order valence-electron chi connectivity index (χ2n) is 2.34. The van der Waals surface area contributed by atoms with Gasteiger partial charge in [-0.2, -0.15) is 0 Å². The SMILES string of the molecule is CSC1=NCCS1.CSc1cccs1. The fourth-order valence-electron chi connectivity index (χ4n) is 0.819. The van der Waals surface area contributed by atoms with E-state index in [2.05, 4.69) is 35.0 Å². The molecule has 5 heteroatoms. The van der Waals surface area contributed by atoms with Gasteiger partial charge in [0, 0.05) is 5.75 Å². The normalized spacial score (nSPS) is 14.6. The first-order valence-corrected chi connectivity index (χ1v) is 8.47. The predicted molar refractivity (Wildman–Crippen MR) is 74.4 cm³/mol. The second-order valence-corrected chi connectivity index (χ2v) is 6.53. The summed E-state index contributed by atoms with van der Waals surface area (Å²) < 4.78 is 2.64. The lowest BCUT2D eigenvalue weighted by Crippen LogP contribution is -1.72. The number of hydrogen-bond acceptors (Lipinski definition) is 5. The summed E-state index contributed by atoms with van der Waals surface area (Å²) in [5.41, 5.74) is 0. The molecule has 1 aliphatic heterocycles. The van der Waals surface area contributed by atoms with E-state index >= 15 is 0 Å². The second kappa shape index (κ2) is 7.68. The summed E-state index contributed by atoms with van der Waals surface area (Å²) in [6.07, 6.45) is 4.16. The number of thiophene rings is 1. The highest BCUT2D eigenvalue weighted by atomic mass is 32.2. The van der Waals surface area contributed by atoms with Crippen LogP contribution in [0.5, 0.6) is 0 Å². The van der Waals surface area contributed by atoms with Crippen LogP contribution in [0.1, 0.15) is 0 Å². The van der Waals surface area contributed by atoms with E-state index in [0.717, 1.165) is 6.54 Å². The van der Waals surface area contributed by atoms with Gasteiger partial charge < -0.3 is 0 Å². The van der Waals surface area contributed by atoms with Gasteiger partial charge in [0.1, 0.15) is 4.38 Å².